The zero-order valence-corrected chi connectivity index (χ0v) is 24.8. The van der Waals surface area contributed by atoms with Gasteiger partial charge in [0.15, 0.2) is 16.7 Å². The Morgan fingerprint density at radius 3 is 2.50 bits per heavy atom. The van der Waals surface area contributed by atoms with Gasteiger partial charge in [-0.25, -0.2) is 0 Å². The molecule has 1 aliphatic carbocycles. The highest BCUT2D eigenvalue weighted by atomic mass is 32.2. The fourth-order valence-electron chi connectivity index (χ4n) is 5.11. The van der Waals surface area contributed by atoms with Gasteiger partial charge >= 0.3 is 0 Å². The van der Waals surface area contributed by atoms with E-state index in [9.17, 15) is 25.0 Å². The Hall–Kier alpha value is -4.19. The first kappa shape index (κ1) is 29.3. The maximum atomic E-state index is 14.1. The maximum absolute atomic E-state index is 14.1. The molecule has 0 saturated heterocycles. The lowest BCUT2D eigenvalue weighted by molar-refractivity contribution is -0.120. The number of rotatable bonds is 6. The molecule has 0 spiro atoms. The van der Waals surface area contributed by atoms with Gasteiger partial charge in [-0.3, -0.25) is 20.1 Å². The summed E-state index contributed by atoms with van der Waals surface area (Å²) < 4.78 is 4.39. The number of hydrogen-bond acceptors (Lipinski definition) is 9. The number of aliphatic hydroxyl groups is 1. The number of nitrogens with one attached hydrogen (secondary N) is 2. The number of phenolic OH excluding ortho intramolecular Hbond substituents is 1. The van der Waals surface area contributed by atoms with Crippen LogP contribution in [-0.2, 0) is 10.2 Å². The Kier molecular flexibility index (Phi) is 8.09. The van der Waals surface area contributed by atoms with Crippen LogP contribution in [0.1, 0.15) is 55.1 Å². The molecular weight excluding hydrogens is 572 g/mol. The van der Waals surface area contributed by atoms with E-state index in [-0.39, 0.29) is 39.5 Å². The van der Waals surface area contributed by atoms with Gasteiger partial charge in [0, 0.05) is 34.8 Å². The molecule has 0 saturated carbocycles. The van der Waals surface area contributed by atoms with Crippen LogP contribution in [0.5, 0.6) is 5.75 Å². The Balaban J connectivity index is 1.43. The number of aliphatic hydroxyl groups excluding tert-OH is 1. The molecule has 42 heavy (non-hydrogen) atoms. The summed E-state index contributed by atoms with van der Waals surface area (Å²) in [6.45, 7) is 6.02. The van der Waals surface area contributed by atoms with Crippen LogP contribution in [0.15, 0.2) is 81.6 Å². The highest BCUT2D eigenvalue weighted by Gasteiger charge is 2.47. The molecule has 1 atom stereocenters. The zero-order chi connectivity index (χ0) is 30.2. The quantitative estimate of drug-likeness (QED) is 0.161. The van der Waals surface area contributed by atoms with Gasteiger partial charge in [0.05, 0.1) is 10.3 Å². The molecule has 5 N–H and O–H groups in total. The molecule has 1 heterocycles. The molecule has 2 aliphatic rings. The standard InChI is InChI=1S/C31H30N4O5S2/c1-17(2)13-14-31(3)21-12-8-7-11-20(21)26(37)24(27(31)38)28-34-42-23-16-19(15-22(36)25(23)35(28)40)32-30(41)33-29(39)18-9-5-4-6-10-18/h4-12,15-17,36-37,40H,13-14H2,1-3H3,(H2,32,33,39,41)/t31-/m1/s1. The number of nitrogens with zero attached hydrogens (tertiary/aromatic N) is 2. The summed E-state index contributed by atoms with van der Waals surface area (Å²) in [4.78, 5) is 26.8. The highest BCUT2D eigenvalue weighted by molar-refractivity contribution is 7.98. The average molecular weight is 603 g/mol. The predicted octanol–water partition coefficient (Wildman–Crippen LogP) is 6.38. The third-order valence-corrected chi connectivity index (χ3v) is 8.38. The second kappa shape index (κ2) is 11.6. The fraction of sp³-hybridized carbons (Fsp3) is 0.226. The second-order valence-corrected chi connectivity index (χ2v) is 12.0. The Bertz CT molecular complexity index is 1650. The van der Waals surface area contributed by atoms with E-state index in [0.717, 1.165) is 23.9 Å². The third-order valence-electron chi connectivity index (χ3n) is 7.41. The van der Waals surface area contributed by atoms with Crippen LogP contribution in [0.25, 0.3) is 5.76 Å². The van der Waals surface area contributed by atoms with Crippen molar-refractivity contribution in [3.8, 4) is 5.75 Å². The van der Waals surface area contributed by atoms with Gasteiger partial charge in [-0.05, 0) is 61.7 Å². The van der Waals surface area contributed by atoms with Gasteiger partial charge in [-0.15, -0.1) is 0 Å². The molecule has 1 aliphatic heterocycles. The summed E-state index contributed by atoms with van der Waals surface area (Å²) in [6.07, 6.45) is 1.32. The summed E-state index contributed by atoms with van der Waals surface area (Å²) in [7, 11) is 0. The van der Waals surface area contributed by atoms with Crippen LogP contribution < -0.4 is 15.7 Å². The molecule has 11 heteroatoms. The summed E-state index contributed by atoms with van der Waals surface area (Å²) in [6, 6.07) is 18.7. The van der Waals surface area contributed by atoms with Gasteiger partial charge in [0.1, 0.15) is 22.8 Å². The zero-order valence-electron chi connectivity index (χ0n) is 23.2. The monoisotopic (exact) mass is 602 g/mol. The van der Waals surface area contributed by atoms with Gasteiger partial charge in [0.2, 0.25) is 0 Å². The minimum atomic E-state index is -0.952. The third kappa shape index (κ3) is 5.38. The number of fused-ring (bicyclic) bond motifs is 2. The Morgan fingerprint density at radius 1 is 1.10 bits per heavy atom. The normalized spacial score (nSPS) is 17.9. The van der Waals surface area contributed by atoms with Gasteiger partial charge in [0.25, 0.3) is 5.91 Å². The molecular formula is C31H30N4O5S2. The van der Waals surface area contributed by atoms with Crippen molar-refractivity contribution in [2.45, 2.75) is 43.9 Å². The van der Waals surface area contributed by atoms with E-state index in [1.54, 1.807) is 48.5 Å². The minimum absolute atomic E-state index is 0.00867. The number of thiocarbonyl (C=S) groups is 1. The van der Waals surface area contributed by atoms with E-state index in [1.165, 1.54) is 6.07 Å². The number of Topliss-reactive ketones (excluding diaryl/α,β-unsaturated/α-hetero) is 1. The molecule has 9 nitrogen and oxygen atoms in total. The smallest absolute Gasteiger partial charge is 0.257 e. The number of anilines is 2. The first-order chi connectivity index (χ1) is 20.0. The van der Waals surface area contributed by atoms with Crippen molar-refractivity contribution in [2.24, 2.45) is 10.3 Å². The van der Waals surface area contributed by atoms with Crippen molar-refractivity contribution in [1.29, 1.82) is 0 Å². The molecule has 5 rings (SSSR count). The lowest BCUT2D eigenvalue weighted by Gasteiger charge is -2.37. The van der Waals surface area contributed by atoms with Crippen LogP contribution >= 0.6 is 24.2 Å². The van der Waals surface area contributed by atoms with Crippen LogP contribution in [0, 0.1) is 5.92 Å². The first-order valence-corrected chi connectivity index (χ1v) is 14.6. The van der Waals surface area contributed by atoms with Gasteiger partial charge in [-0.1, -0.05) is 56.3 Å². The number of benzene rings is 3. The number of amidine groups is 1. The number of aromatic hydroxyl groups is 1. The maximum Gasteiger partial charge on any atom is 0.257 e. The molecule has 0 aromatic heterocycles. The number of amides is 1. The summed E-state index contributed by atoms with van der Waals surface area (Å²) in [5.74, 6) is -1.20. The van der Waals surface area contributed by atoms with Crippen LogP contribution in [-0.4, -0.2) is 38.1 Å². The lowest BCUT2D eigenvalue weighted by atomic mass is 9.66. The summed E-state index contributed by atoms with van der Waals surface area (Å²) >= 11 is 6.19. The molecule has 0 fully saturated rings. The summed E-state index contributed by atoms with van der Waals surface area (Å²) in [5, 5.41) is 39.6. The van der Waals surface area contributed by atoms with E-state index >= 15 is 0 Å². The van der Waals surface area contributed by atoms with Crippen molar-refractivity contribution in [3.05, 3.63) is 89.0 Å². The van der Waals surface area contributed by atoms with Crippen LogP contribution in [0.2, 0.25) is 0 Å². The van der Waals surface area contributed by atoms with Crippen molar-refractivity contribution in [2.75, 3.05) is 10.4 Å². The van der Waals surface area contributed by atoms with Crippen molar-refractivity contribution >= 4 is 63.9 Å². The predicted molar refractivity (Wildman–Crippen MR) is 168 cm³/mol. The molecule has 0 bridgehead atoms. The minimum Gasteiger partial charge on any atom is -0.506 e. The average Bonchev–Trinajstić information content (AvgIpc) is 2.96. The van der Waals surface area contributed by atoms with E-state index in [1.807, 2.05) is 19.1 Å². The topological polar surface area (TPSA) is 134 Å². The number of carbonyl (C=O) groups excluding carboxylic acids is 2. The molecule has 0 radical (unpaired) electrons. The number of phenols is 1. The van der Waals surface area contributed by atoms with Gasteiger partial charge in [-0.2, -0.15) is 9.46 Å². The molecule has 3 aromatic rings. The van der Waals surface area contributed by atoms with Crippen LogP contribution in [0.3, 0.4) is 0 Å². The molecule has 1 amide bonds. The molecule has 216 valence electrons. The first-order valence-electron chi connectivity index (χ1n) is 13.4. The van der Waals surface area contributed by atoms with Crippen LogP contribution in [0.4, 0.5) is 11.4 Å². The fourth-order valence-corrected chi connectivity index (χ4v) is 6.13. The lowest BCUT2D eigenvalue weighted by Crippen LogP contribution is -2.44. The number of carbonyl (C=O) groups is 2. The Morgan fingerprint density at radius 2 is 1.79 bits per heavy atom. The second-order valence-electron chi connectivity index (χ2n) is 10.8. The summed E-state index contributed by atoms with van der Waals surface area (Å²) in [5.41, 5.74) is 0.917. The van der Waals surface area contributed by atoms with Crippen molar-refractivity contribution < 1.29 is 25.0 Å². The van der Waals surface area contributed by atoms with Crippen molar-refractivity contribution in [1.82, 2.24) is 5.32 Å². The van der Waals surface area contributed by atoms with E-state index < -0.39 is 11.3 Å². The molecule has 3 aromatic carbocycles. The van der Waals surface area contributed by atoms with E-state index in [2.05, 4.69) is 28.9 Å². The number of hydrogen-bond donors (Lipinski definition) is 5. The van der Waals surface area contributed by atoms with Crippen molar-refractivity contribution in [3.63, 3.8) is 0 Å². The highest BCUT2D eigenvalue weighted by Crippen LogP contribution is 2.48. The SMILES string of the molecule is CC(C)CC[C@@]1(C)C(=O)C(C2=NSc3cc(NC(=S)NC(=O)c4ccccc4)cc(O)c3N2O)=C(O)c2ccccc21. The van der Waals surface area contributed by atoms with E-state index in [0.29, 0.717) is 39.1 Å². The van der Waals surface area contributed by atoms with E-state index in [4.69, 9.17) is 12.2 Å². The number of ketones is 1. The van der Waals surface area contributed by atoms with Gasteiger partial charge < -0.3 is 15.5 Å². The number of hydroxylamine groups is 1. The largest absolute Gasteiger partial charge is 0.506 e. The molecule has 0 unspecified atom stereocenters. The Labute approximate surface area is 253 Å².